The Morgan fingerprint density at radius 3 is 1.65 bits per heavy atom. The Morgan fingerprint density at radius 1 is 0.696 bits per heavy atom. The first-order valence-electron chi connectivity index (χ1n) is 15.4. The maximum absolute atomic E-state index is 13.9. The lowest BCUT2D eigenvalue weighted by molar-refractivity contribution is -0.133. The van der Waals surface area contributed by atoms with E-state index in [0.717, 1.165) is 11.1 Å². The van der Waals surface area contributed by atoms with Crippen molar-refractivity contribution in [1.82, 2.24) is 21.3 Å². The number of amides is 4. The van der Waals surface area contributed by atoms with Crippen LogP contribution in [0.5, 0.6) is 5.75 Å². The Labute approximate surface area is 275 Å². The average molecular weight is 650 g/mol. The normalized spacial score (nSPS) is 13.7. The summed E-state index contributed by atoms with van der Waals surface area (Å²) in [5, 5.41) is 21.7. The Bertz CT molecular complexity index is 1430. The van der Waals surface area contributed by atoms with Gasteiger partial charge in [0.25, 0.3) is 0 Å². The van der Waals surface area contributed by atoms with E-state index in [0.29, 0.717) is 23.4 Å². The second kappa shape index (κ2) is 17.9. The maximum atomic E-state index is 13.9. The summed E-state index contributed by atoms with van der Waals surface area (Å²) in [7, 11) is 1.69. The van der Waals surface area contributed by atoms with Gasteiger partial charge in [-0.25, -0.2) is 0 Å². The third-order valence-corrected chi connectivity index (χ3v) is 7.84. The van der Waals surface area contributed by atoms with Crippen LogP contribution >= 0.6 is 11.6 Å². The van der Waals surface area contributed by atoms with Gasteiger partial charge in [0.15, 0.2) is 0 Å². The SMILES string of the molecule is CNC(CC(C)C)C(=O)NC(Cc1ccc(Cl)cc1)C(=O)NC(Cc1ccc(O)cc1)C(=O)NC(CCc1ccccc1)C(N)=O. The highest BCUT2D eigenvalue weighted by molar-refractivity contribution is 6.30. The summed E-state index contributed by atoms with van der Waals surface area (Å²) in [6.07, 6.45) is 1.52. The molecule has 0 heterocycles. The zero-order valence-electron chi connectivity index (χ0n) is 26.5. The van der Waals surface area contributed by atoms with E-state index in [9.17, 15) is 24.3 Å². The van der Waals surface area contributed by atoms with Gasteiger partial charge < -0.3 is 32.1 Å². The number of primary amides is 1. The highest BCUT2D eigenvalue weighted by atomic mass is 35.5. The number of halogens is 1. The highest BCUT2D eigenvalue weighted by Crippen LogP contribution is 2.15. The topological polar surface area (TPSA) is 163 Å². The molecule has 11 heteroatoms. The number of phenolic OH excluding ortho intramolecular Hbond substituents is 1. The van der Waals surface area contributed by atoms with E-state index in [1.807, 2.05) is 44.2 Å². The second-order valence-electron chi connectivity index (χ2n) is 11.8. The Kier molecular flexibility index (Phi) is 14.0. The number of hydrogen-bond acceptors (Lipinski definition) is 6. The van der Waals surface area contributed by atoms with Gasteiger partial charge in [-0.1, -0.05) is 80.0 Å². The molecular weight excluding hydrogens is 606 g/mol. The molecule has 0 saturated heterocycles. The minimum atomic E-state index is -1.13. The van der Waals surface area contributed by atoms with Crippen molar-refractivity contribution in [3.05, 3.63) is 101 Å². The van der Waals surface area contributed by atoms with Gasteiger partial charge in [-0.15, -0.1) is 0 Å². The van der Waals surface area contributed by atoms with Crippen LogP contribution in [0.25, 0.3) is 0 Å². The van der Waals surface area contributed by atoms with Crippen LogP contribution in [0.3, 0.4) is 0 Å². The number of nitrogens with one attached hydrogen (secondary N) is 4. The summed E-state index contributed by atoms with van der Waals surface area (Å²) in [4.78, 5) is 53.2. The molecule has 4 amide bonds. The Hall–Kier alpha value is -4.41. The molecule has 3 rings (SSSR count). The predicted octanol–water partition coefficient (Wildman–Crippen LogP) is 3.04. The molecule has 3 aromatic carbocycles. The minimum absolute atomic E-state index is 0.0507. The number of phenols is 1. The Morgan fingerprint density at radius 2 is 1.17 bits per heavy atom. The molecule has 0 spiro atoms. The van der Waals surface area contributed by atoms with Crippen LogP contribution in [-0.4, -0.2) is 60.0 Å². The molecular formula is C35H44ClN5O5. The van der Waals surface area contributed by atoms with Crippen LogP contribution in [0.2, 0.25) is 5.02 Å². The fraction of sp³-hybridized carbons (Fsp3) is 0.371. The van der Waals surface area contributed by atoms with Crippen LogP contribution in [0.15, 0.2) is 78.9 Å². The number of likely N-dealkylation sites (N-methyl/N-ethyl adjacent to an activating group) is 1. The van der Waals surface area contributed by atoms with Crippen LogP contribution in [-0.2, 0) is 38.4 Å². The lowest BCUT2D eigenvalue weighted by atomic mass is 10.00. The van der Waals surface area contributed by atoms with Gasteiger partial charge in [0.2, 0.25) is 23.6 Å². The number of aromatic hydroxyl groups is 1. The lowest BCUT2D eigenvalue weighted by Gasteiger charge is -2.26. The van der Waals surface area contributed by atoms with Crippen molar-refractivity contribution < 1.29 is 24.3 Å². The minimum Gasteiger partial charge on any atom is -0.508 e. The molecule has 0 radical (unpaired) electrons. The first kappa shape index (κ1) is 36.1. The molecule has 4 unspecified atom stereocenters. The van der Waals surface area contributed by atoms with E-state index in [4.69, 9.17) is 17.3 Å². The molecule has 0 bridgehead atoms. The molecule has 0 aliphatic carbocycles. The van der Waals surface area contributed by atoms with Gasteiger partial charge >= 0.3 is 0 Å². The van der Waals surface area contributed by atoms with E-state index in [1.54, 1.807) is 43.4 Å². The van der Waals surface area contributed by atoms with Gasteiger partial charge in [0, 0.05) is 17.9 Å². The van der Waals surface area contributed by atoms with E-state index >= 15 is 0 Å². The number of carbonyl (C=O) groups is 4. The zero-order chi connectivity index (χ0) is 33.6. The molecule has 0 aliphatic rings. The molecule has 4 atom stereocenters. The van der Waals surface area contributed by atoms with E-state index in [1.165, 1.54) is 12.1 Å². The summed E-state index contributed by atoms with van der Waals surface area (Å²) in [6, 6.07) is 19.0. The molecule has 7 N–H and O–H groups in total. The van der Waals surface area contributed by atoms with Crippen LogP contribution in [0, 0.1) is 5.92 Å². The number of aryl methyl sites for hydroxylation is 1. The third-order valence-electron chi connectivity index (χ3n) is 7.59. The van der Waals surface area contributed by atoms with E-state index < -0.39 is 41.9 Å². The third kappa shape index (κ3) is 11.8. The van der Waals surface area contributed by atoms with Crippen LogP contribution < -0.4 is 27.0 Å². The van der Waals surface area contributed by atoms with Crippen molar-refractivity contribution in [3.63, 3.8) is 0 Å². The lowest BCUT2D eigenvalue weighted by Crippen LogP contribution is -2.58. The molecule has 0 saturated carbocycles. The molecule has 246 valence electrons. The van der Waals surface area contributed by atoms with Gasteiger partial charge in [-0.3, -0.25) is 19.2 Å². The standard InChI is InChI=1S/C35H44ClN5O5/c1-22(2)19-29(38-3)33(44)40-31(20-24-9-14-26(36)15-10-24)35(46)41-30(21-25-11-16-27(42)17-12-25)34(45)39-28(32(37)43)18-13-23-7-5-4-6-8-23/h4-12,14-17,22,28-31,38,42H,13,18-21H2,1-3H3,(H2,37,43)(H,39,45)(H,40,44)(H,41,46). The van der Waals surface area contributed by atoms with Gasteiger partial charge in [0.1, 0.15) is 23.9 Å². The molecule has 0 aromatic heterocycles. The first-order chi connectivity index (χ1) is 21.9. The second-order valence-corrected chi connectivity index (χ2v) is 12.2. The molecule has 0 aliphatic heterocycles. The number of hydrogen-bond donors (Lipinski definition) is 6. The summed E-state index contributed by atoms with van der Waals surface area (Å²) in [5.41, 5.74) is 8.05. The summed E-state index contributed by atoms with van der Waals surface area (Å²) in [5.74, 6) is -1.96. The van der Waals surface area contributed by atoms with Crippen molar-refractivity contribution in [3.8, 4) is 5.75 Å². The largest absolute Gasteiger partial charge is 0.508 e. The van der Waals surface area contributed by atoms with Crippen molar-refractivity contribution >= 4 is 35.2 Å². The van der Waals surface area contributed by atoms with Crippen molar-refractivity contribution in [2.24, 2.45) is 11.7 Å². The number of rotatable bonds is 17. The number of nitrogens with two attached hydrogens (primary N) is 1. The predicted molar refractivity (Wildman–Crippen MR) is 179 cm³/mol. The summed E-state index contributed by atoms with van der Waals surface area (Å²) < 4.78 is 0. The van der Waals surface area contributed by atoms with Gasteiger partial charge in [-0.05, 0) is 73.2 Å². The van der Waals surface area contributed by atoms with Crippen LogP contribution in [0.4, 0.5) is 0 Å². The fourth-order valence-electron chi connectivity index (χ4n) is 5.03. The maximum Gasteiger partial charge on any atom is 0.243 e. The molecule has 3 aromatic rings. The first-order valence-corrected chi connectivity index (χ1v) is 15.8. The average Bonchev–Trinajstić information content (AvgIpc) is 3.03. The van der Waals surface area contributed by atoms with Gasteiger partial charge in [0.05, 0.1) is 6.04 Å². The number of carbonyl (C=O) groups excluding carboxylic acids is 4. The zero-order valence-corrected chi connectivity index (χ0v) is 27.2. The Balaban J connectivity index is 1.85. The van der Waals surface area contributed by atoms with E-state index in [2.05, 4.69) is 21.3 Å². The quantitative estimate of drug-likeness (QED) is 0.132. The molecule has 46 heavy (non-hydrogen) atoms. The fourth-order valence-corrected chi connectivity index (χ4v) is 5.15. The van der Waals surface area contributed by atoms with E-state index in [-0.39, 0.29) is 36.8 Å². The summed E-state index contributed by atoms with van der Waals surface area (Å²) >= 11 is 6.06. The summed E-state index contributed by atoms with van der Waals surface area (Å²) in [6.45, 7) is 4.00. The molecule has 0 fully saturated rings. The molecule has 10 nitrogen and oxygen atoms in total. The van der Waals surface area contributed by atoms with Crippen molar-refractivity contribution in [2.75, 3.05) is 7.05 Å². The van der Waals surface area contributed by atoms with Crippen LogP contribution in [0.1, 0.15) is 43.4 Å². The smallest absolute Gasteiger partial charge is 0.243 e. The van der Waals surface area contributed by atoms with Crippen molar-refractivity contribution in [2.45, 2.75) is 70.1 Å². The monoisotopic (exact) mass is 649 g/mol. The van der Waals surface area contributed by atoms with Gasteiger partial charge in [-0.2, -0.15) is 0 Å². The van der Waals surface area contributed by atoms with Crippen molar-refractivity contribution in [1.29, 1.82) is 0 Å². The highest BCUT2D eigenvalue weighted by Gasteiger charge is 2.31. The number of benzene rings is 3.